The highest BCUT2D eigenvalue weighted by Gasteiger charge is 2.26. The fraction of sp³-hybridized carbons (Fsp3) is 0.240. The number of ether oxygens (including phenoxy) is 1. The number of carbonyl (C=O) groups is 1. The fourth-order valence-corrected chi connectivity index (χ4v) is 5.04. The molecule has 2 N–H and O–H groups in total. The molecular weight excluding hydrogens is 454 g/mol. The Morgan fingerprint density at radius 1 is 0.971 bits per heavy atom. The van der Waals surface area contributed by atoms with Gasteiger partial charge in [-0.2, -0.15) is 0 Å². The standard InChI is InChI=1S/C25H27N3O5S/c1-18-7-12-21(34(31,32)26-19-8-10-20(29)11-9-19)17-22(18)25(30)28-15-13-27(14-16-28)23-5-3-4-6-24(23)33-2/h3-12,17,26,29H,13-16H2,1-2H3. The molecule has 4 rings (SSSR count). The van der Waals surface area contributed by atoms with Crippen LogP contribution in [-0.4, -0.2) is 57.6 Å². The lowest BCUT2D eigenvalue weighted by Crippen LogP contribution is -2.49. The summed E-state index contributed by atoms with van der Waals surface area (Å²) in [6.07, 6.45) is 0. The molecule has 34 heavy (non-hydrogen) atoms. The molecule has 0 unspecified atom stereocenters. The summed E-state index contributed by atoms with van der Waals surface area (Å²) in [4.78, 5) is 17.2. The lowest BCUT2D eigenvalue weighted by Gasteiger charge is -2.36. The number of amides is 1. The van der Waals surface area contributed by atoms with E-state index in [-0.39, 0.29) is 16.6 Å². The van der Waals surface area contributed by atoms with E-state index >= 15 is 0 Å². The molecular formula is C25H27N3O5S. The molecule has 1 heterocycles. The molecule has 0 bridgehead atoms. The average Bonchev–Trinajstić information content (AvgIpc) is 2.85. The Bertz CT molecular complexity index is 1280. The molecule has 0 aliphatic carbocycles. The Labute approximate surface area is 199 Å². The van der Waals surface area contributed by atoms with Gasteiger partial charge < -0.3 is 19.6 Å². The molecule has 3 aromatic carbocycles. The van der Waals surface area contributed by atoms with E-state index in [9.17, 15) is 18.3 Å². The van der Waals surface area contributed by atoms with Crippen LogP contribution >= 0.6 is 0 Å². The summed E-state index contributed by atoms with van der Waals surface area (Å²) in [7, 11) is -2.27. The minimum atomic E-state index is -3.91. The number of para-hydroxylation sites is 2. The monoisotopic (exact) mass is 481 g/mol. The van der Waals surface area contributed by atoms with Gasteiger partial charge in [-0.15, -0.1) is 0 Å². The van der Waals surface area contributed by atoms with Crippen LogP contribution in [0.1, 0.15) is 15.9 Å². The minimum absolute atomic E-state index is 0.00202. The van der Waals surface area contributed by atoms with Crippen LogP contribution in [-0.2, 0) is 10.0 Å². The van der Waals surface area contributed by atoms with E-state index in [1.165, 1.54) is 36.4 Å². The number of hydrogen-bond donors (Lipinski definition) is 2. The van der Waals surface area contributed by atoms with Crippen molar-refractivity contribution >= 4 is 27.3 Å². The number of carbonyl (C=O) groups excluding carboxylic acids is 1. The van der Waals surface area contributed by atoms with Crippen molar-refractivity contribution in [1.82, 2.24) is 4.90 Å². The third-order valence-corrected chi connectivity index (χ3v) is 7.24. The average molecular weight is 482 g/mol. The molecule has 1 aliphatic rings. The Morgan fingerprint density at radius 2 is 1.65 bits per heavy atom. The highest BCUT2D eigenvalue weighted by molar-refractivity contribution is 7.92. The van der Waals surface area contributed by atoms with E-state index in [4.69, 9.17) is 4.74 Å². The van der Waals surface area contributed by atoms with Crippen LogP contribution in [0.15, 0.2) is 71.6 Å². The molecule has 178 valence electrons. The molecule has 0 atom stereocenters. The number of nitrogens with one attached hydrogen (secondary N) is 1. The van der Waals surface area contributed by atoms with E-state index in [0.717, 1.165) is 11.4 Å². The smallest absolute Gasteiger partial charge is 0.261 e. The van der Waals surface area contributed by atoms with Gasteiger partial charge in [0.05, 0.1) is 17.7 Å². The lowest BCUT2D eigenvalue weighted by molar-refractivity contribution is 0.0745. The maximum atomic E-state index is 13.3. The van der Waals surface area contributed by atoms with Crippen molar-refractivity contribution in [3.05, 3.63) is 77.9 Å². The minimum Gasteiger partial charge on any atom is -0.508 e. The highest BCUT2D eigenvalue weighted by Crippen LogP contribution is 2.29. The molecule has 1 aliphatic heterocycles. The van der Waals surface area contributed by atoms with Crippen molar-refractivity contribution in [2.45, 2.75) is 11.8 Å². The first-order chi connectivity index (χ1) is 16.3. The largest absolute Gasteiger partial charge is 0.508 e. The summed E-state index contributed by atoms with van der Waals surface area (Å²) in [5, 5.41) is 9.40. The van der Waals surface area contributed by atoms with E-state index in [2.05, 4.69) is 9.62 Å². The number of anilines is 2. The molecule has 0 spiro atoms. The van der Waals surface area contributed by atoms with Gasteiger partial charge in [0.25, 0.3) is 15.9 Å². The van der Waals surface area contributed by atoms with E-state index < -0.39 is 10.0 Å². The van der Waals surface area contributed by atoms with Gasteiger partial charge in [-0.25, -0.2) is 8.42 Å². The number of rotatable bonds is 6. The molecule has 9 heteroatoms. The number of benzene rings is 3. The first-order valence-electron chi connectivity index (χ1n) is 10.9. The summed E-state index contributed by atoms with van der Waals surface area (Å²) in [6.45, 7) is 4.11. The Hall–Kier alpha value is -3.72. The quantitative estimate of drug-likeness (QED) is 0.523. The summed E-state index contributed by atoms with van der Waals surface area (Å²) < 4.78 is 33.7. The Balaban J connectivity index is 1.49. The van der Waals surface area contributed by atoms with Crippen LogP contribution in [0, 0.1) is 6.92 Å². The lowest BCUT2D eigenvalue weighted by atomic mass is 10.1. The summed E-state index contributed by atoms with van der Waals surface area (Å²) in [6, 6.07) is 18.1. The molecule has 0 radical (unpaired) electrons. The first kappa shape index (κ1) is 23.4. The number of phenolic OH excluding ortho intramolecular Hbond substituents is 1. The first-order valence-corrected chi connectivity index (χ1v) is 12.4. The number of methoxy groups -OCH3 is 1. The third-order valence-electron chi connectivity index (χ3n) is 5.86. The van der Waals surface area contributed by atoms with Crippen molar-refractivity contribution < 1.29 is 23.1 Å². The molecule has 8 nitrogen and oxygen atoms in total. The van der Waals surface area contributed by atoms with Gasteiger partial charge in [-0.1, -0.05) is 18.2 Å². The molecule has 0 saturated carbocycles. The van der Waals surface area contributed by atoms with Crippen LogP contribution in [0.4, 0.5) is 11.4 Å². The topological polar surface area (TPSA) is 99.2 Å². The maximum absolute atomic E-state index is 13.3. The van der Waals surface area contributed by atoms with Gasteiger partial charge in [-0.3, -0.25) is 9.52 Å². The number of aromatic hydroxyl groups is 1. The van der Waals surface area contributed by atoms with Crippen molar-refractivity contribution in [2.75, 3.05) is 42.9 Å². The number of aryl methyl sites for hydroxylation is 1. The Kier molecular flexibility index (Phi) is 6.65. The molecule has 3 aromatic rings. The van der Waals surface area contributed by atoms with Gasteiger partial charge in [0.15, 0.2) is 0 Å². The van der Waals surface area contributed by atoms with Gasteiger partial charge in [-0.05, 0) is 61.0 Å². The molecule has 1 amide bonds. The summed E-state index contributed by atoms with van der Waals surface area (Å²) in [5.74, 6) is 0.632. The van der Waals surface area contributed by atoms with Crippen LogP contribution in [0.5, 0.6) is 11.5 Å². The fourth-order valence-electron chi connectivity index (χ4n) is 3.95. The van der Waals surface area contributed by atoms with Gasteiger partial charge in [0, 0.05) is 37.4 Å². The Morgan fingerprint density at radius 3 is 2.32 bits per heavy atom. The van der Waals surface area contributed by atoms with Crippen LogP contribution in [0.3, 0.4) is 0 Å². The van der Waals surface area contributed by atoms with Crippen LogP contribution in [0.25, 0.3) is 0 Å². The number of sulfonamides is 1. The van der Waals surface area contributed by atoms with Gasteiger partial charge >= 0.3 is 0 Å². The number of nitrogens with zero attached hydrogens (tertiary/aromatic N) is 2. The second kappa shape index (κ2) is 9.64. The molecule has 1 fully saturated rings. The SMILES string of the molecule is COc1ccccc1N1CCN(C(=O)c2cc(S(=O)(=O)Nc3ccc(O)cc3)ccc2C)CC1. The third kappa shape index (κ3) is 4.94. The maximum Gasteiger partial charge on any atom is 0.261 e. The summed E-state index contributed by atoms with van der Waals surface area (Å²) in [5.41, 5.74) is 2.38. The molecule has 1 saturated heterocycles. The number of phenols is 1. The zero-order valence-corrected chi connectivity index (χ0v) is 19.9. The summed E-state index contributed by atoms with van der Waals surface area (Å²) >= 11 is 0. The van der Waals surface area contributed by atoms with Crippen LogP contribution in [0.2, 0.25) is 0 Å². The zero-order chi connectivity index (χ0) is 24.3. The van der Waals surface area contributed by atoms with E-state index in [1.807, 2.05) is 24.3 Å². The van der Waals surface area contributed by atoms with E-state index in [1.54, 1.807) is 25.0 Å². The van der Waals surface area contributed by atoms with E-state index in [0.29, 0.717) is 43.0 Å². The van der Waals surface area contributed by atoms with Gasteiger partial charge in [0.2, 0.25) is 0 Å². The van der Waals surface area contributed by atoms with Crippen molar-refractivity contribution in [3.63, 3.8) is 0 Å². The van der Waals surface area contributed by atoms with Crippen molar-refractivity contribution in [3.8, 4) is 11.5 Å². The number of piperazine rings is 1. The second-order valence-corrected chi connectivity index (χ2v) is 9.76. The number of hydrogen-bond acceptors (Lipinski definition) is 6. The second-order valence-electron chi connectivity index (χ2n) is 8.08. The van der Waals surface area contributed by atoms with Crippen molar-refractivity contribution in [2.24, 2.45) is 0 Å². The predicted octanol–water partition coefficient (Wildman–Crippen LogP) is 3.47. The molecule has 0 aromatic heterocycles. The van der Waals surface area contributed by atoms with Gasteiger partial charge in [0.1, 0.15) is 11.5 Å². The highest BCUT2D eigenvalue weighted by atomic mass is 32.2. The normalized spacial score (nSPS) is 14.1. The van der Waals surface area contributed by atoms with Crippen LogP contribution < -0.4 is 14.4 Å². The predicted molar refractivity (Wildman–Crippen MR) is 131 cm³/mol. The van der Waals surface area contributed by atoms with Crippen molar-refractivity contribution in [1.29, 1.82) is 0 Å². The zero-order valence-electron chi connectivity index (χ0n) is 19.1.